The molecule has 3 N–H and O–H groups in total. The summed E-state index contributed by atoms with van der Waals surface area (Å²) in [5, 5.41) is 7.27. The lowest BCUT2D eigenvalue weighted by atomic mass is 9.87. The molecule has 1 fully saturated rings. The third-order valence-corrected chi connectivity index (χ3v) is 8.28. The minimum atomic E-state index is -0.756. The van der Waals surface area contributed by atoms with Crippen LogP contribution in [0.2, 0.25) is 0 Å². The van der Waals surface area contributed by atoms with Crippen LogP contribution in [-0.2, 0) is 11.3 Å². The first-order chi connectivity index (χ1) is 19.8. The van der Waals surface area contributed by atoms with Crippen LogP contribution < -0.4 is 10.6 Å². The van der Waals surface area contributed by atoms with E-state index in [9.17, 15) is 9.59 Å². The molecule has 3 amide bonds. The van der Waals surface area contributed by atoms with Crippen LogP contribution in [0.25, 0.3) is 10.9 Å². The summed E-state index contributed by atoms with van der Waals surface area (Å²) in [6.07, 6.45) is 3.77. The highest BCUT2D eigenvalue weighted by atomic mass is 16.2. The lowest BCUT2D eigenvalue weighted by Crippen LogP contribution is -2.53. The number of aryl methyl sites for hydroxylation is 1. The topological polar surface area (TPSA) is 80.5 Å². The highest BCUT2D eigenvalue weighted by Crippen LogP contribution is 2.31. The predicted octanol–water partition coefficient (Wildman–Crippen LogP) is 6.24. The maximum absolute atomic E-state index is 13.8. The lowest BCUT2D eigenvalue weighted by molar-refractivity contribution is -0.118. The molecular weight excluding hydrogens is 510 g/mol. The molecular formula is C34H41N5O2. The number of nitrogens with one attached hydrogen (secondary N) is 3. The highest BCUT2D eigenvalue weighted by Gasteiger charge is 2.32. The quantitative estimate of drug-likeness (QED) is 0.243. The average molecular weight is 552 g/mol. The molecule has 5 rings (SSSR count). The minimum absolute atomic E-state index is 0.193. The molecule has 1 aliphatic rings. The summed E-state index contributed by atoms with van der Waals surface area (Å²) in [6.45, 7) is 6.25. The molecule has 2 heterocycles. The Morgan fingerprint density at radius 2 is 1.73 bits per heavy atom. The van der Waals surface area contributed by atoms with Crippen molar-refractivity contribution in [3.63, 3.8) is 0 Å². The van der Waals surface area contributed by atoms with Crippen molar-refractivity contribution < 1.29 is 9.59 Å². The fraction of sp³-hybridized carbons (Fsp3) is 0.353. The Morgan fingerprint density at radius 1 is 1.00 bits per heavy atom. The number of carbonyl (C=O) groups is 2. The van der Waals surface area contributed by atoms with Crippen LogP contribution in [-0.4, -0.2) is 59.9 Å². The number of nitrogens with zero attached hydrogens (tertiary/aromatic N) is 2. The Labute approximate surface area is 242 Å². The van der Waals surface area contributed by atoms with E-state index in [1.807, 2.05) is 74.6 Å². The second-order valence-corrected chi connectivity index (χ2v) is 11.6. The summed E-state index contributed by atoms with van der Waals surface area (Å²) in [5.74, 6) is -0.0450. The summed E-state index contributed by atoms with van der Waals surface area (Å²) in [7, 11) is 4.03. The molecule has 3 aromatic carbocycles. The Kier molecular flexibility index (Phi) is 8.74. The van der Waals surface area contributed by atoms with Crippen LogP contribution in [0.4, 0.5) is 10.5 Å². The number of rotatable bonds is 8. The molecule has 0 bridgehead atoms. The standard InChI is InChI=1S/C34H41N5O2/c1-23-10-5-6-13-28(23)26-16-18-39(19-17-26)34(41)37-32(24(2)30-21-35-31-15-8-7-14-29(30)31)33(40)36-27-12-9-11-25(20-27)22-38(3)4/h5-15,20-21,24,26,32,35H,16-19,22H2,1-4H3,(H,36,40)(H,37,41). The van der Waals surface area contributed by atoms with Gasteiger partial charge >= 0.3 is 6.03 Å². The molecule has 0 saturated carbocycles. The first-order valence-corrected chi connectivity index (χ1v) is 14.5. The van der Waals surface area contributed by atoms with Gasteiger partial charge in [0.2, 0.25) is 5.91 Å². The van der Waals surface area contributed by atoms with E-state index >= 15 is 0 Å². The van der Waals surface area contributed by atoms with Crippen LogP contribution in [0, 0.1) is 6.92 Å². The SMILES string of the molecule is Cc1ccccc1C1CCN(C(=O)NC(C(=O)Nc2cccc(CN(C)C)c2)C(C)c2c[nH]c3ccccc23)CC1. The zero-order valence-corrected chi connectivity index (χ0v) is 24.5. The van der Waals surface area contributed by atoms with Gasteiger partial charge in [-0.15, -0.1) is 0 Å². The summed E-state index contributed by atoms with van der Waals surface area (Å²) >= 11 is 0. The number of carbonyl (C=O) groups excluding carboxylic acids is 2. The second kappa shape index (κ2) is 12.6. The normalized spacial score (nSPS) is 15.6. The average Bonchev–Trinajstić information content (AvgIpc) is 3.40. The van der Waals surface area contributed by atoms with Crippen molar-refractivity contribution >= 4 is 28.5 Å². The van der Waals surface area contributed by atoms with E-state index in [0.29, 0.717) is 19.0 Å². The molecule has 0 spiro atoms. The molecule has 2 unspecified atom stereocenters. The van der Waals surface area contributed by atoms with Gasteiger partial charge in [-0.05, 0) is 80.2 Å². The van der Waals surface area contributed by atoms with Gasteiger partial charge in [0.1, 0.15) is 6.04 Å². The van der Waals surface area contributed by atoms with E-state index in [2.05, 4.69) is 57.8 Å². The van der Waals surface area contributed by atoms with Crippen molar-refractivity contribution in [2.24, 2.45) is 0 Å². The molecule has 1 saturated heterocycles. The van der Waals surface area contributed by atoms with Crippen LogP contribution in [0.3, 0.4) is 0 Å². The first kappa shape index (κ1) is 28.4. The van der Waals surface area contributed by atoms with Gasteiger partial charge in [-0.2, -0.15) is 0 Å². The van der Waals surface area contributed by atoms with E-state index in [4.69, 9.17) is 0 Å². The van der Waals surface area contributed by atoms with Crippen LogP contribution in [0.1, 0.15) is 53.9 Å². The number of likely N-dealkylation sites (tertiary alicyclic amines) is 1. The molecule has 41 heavy (non-hydrogen) atoms. The Balaban J connectivity index is 1.34. The fourth-order valence-electron chi connectivity index (χ4n) is 6.06. The number of benzene rings is 3. The molecule has 0 aliphatic carbocycles. The number of aromatic nitrogens is 1. The van der Waals surface area contributed by atoms with Crippen molar-refractivity contribution in [3.8, 4) is 0 Å². The van der Waals surface area contributed by atoms with Crippen molar-refractivity contribution in [3.05, 3.63) is 101 Å². The van der Waals surface area contributed by atoms with Crippen LogP contribution >= 0.6 is 0 Å². The molecule has 214 valence electrons. The van der Waals surface area contributed by atoms with E-state index in [1.54, 1.807) is 0 Å². The molecule has 1 aliphatic heterocycles. The van der Waals surface area contributed by atoms with Gasteiger partial charge in [-0.1, -0.05) is 61.5 Å². The molecule has 7 heteroatoms. The Hall–Kier alpha value is -4.10. The Bertz CT molecular complexity index is 1500. The first-order valence-electron chi connectivity index (χ1n) is 14.5. The summed E-state index contributed by atoms with van der Waals surface area (Å²) in [5.41, 5.74) is 6.51. The number of hydrogen-bond donors (Lipinski definition) is 3. The van der Waals surface area contributed by atoms with E-state index in [1.165, 1.54) is 11.1 Å². The number of anilines is 1. The van der Waals surface area contributed by atoms with Crippen molar-refractivity contribution in [1.29, 1.82) is 0 Å². The number of H-pyrrole nitrogens is 1. The smallest absolute Gasteiger partial charge is 0.318 e. The number of aromatic amines is 1. The van der Waals surface area contributed by atoms with Gasteiger partial charge in [0, 0.05) is 48.3 Å². The number of hydrogen-bond acceptors (Lipinski definition) is 3. The minimum Gasteiger partial charge on any atom is -0.361 e. The second-order valence-electron chi connectivity index (χ2n) is 11.6. The van der Waals surface area contributed by atoms with Crippen molar-refractivity contribution in [1.82, 2.24) is 20.1 Å². The van der Waals surface area contributed by atoms with Gasteiger partial charge in [-0.3, -0.25) is 4.79 Å². The highest BCUT2D eigenvalue weighted by molar-refractivity contribution is 5.98. The van der Waals surface area contributed by atoms with Gasteiger partial charge in [0.15, 0.2) is 0 Å². The van der Waals surface area contributed by atoms with E-state index in [0.717, 1.165) is 47.1 Å². The van der Waals surface area contributed by atoms with Crippen molar-refractivity contribution in [2.75, 3.05) is 32.5 Å². The molecule has 4 aromatic rings. The molecule has 2 atom stereocenters. The van der Waals surface area contributed by atoms with E-state index in [-0.39, 0.29) is 17.9 Å². The number of piperidine rings is 1. The zero-order chi connectivity index (χ0) is 28.9. The monoisotopic (exact) mass is 551 g/mol. The molecule has 7 nitrogen and oxygen atoms in total. The summed E-state index contributed by atoms with van der Waals surface area (Å²) in [6, 6.07) is 23.5. The number of para-hydroxylation sites is 1. The number of fused-ring (bicyclic) bond motifs is 1. The van der Waals surface area contributed by atoms with Crippen LogP contribution in [0.5, 0.6) is 0 Å². The van der Waals surface area contributed by atoms with Gasteiger partial charge in [-0.25, -0.2) is 4.79 Å². The zero-order valence-electron chi connectivity index (χ0n) is 24.5. The Morgan fingerprint density at radius 3 is 2.49 bits per heavy atom. The number of urea groups is 1. The fourth-order valence-corrected chi connectivity index (χ4v) is 6.06. The van der Waals surface area contributed by atoms with Crippen LogP contribution in [0.15, 0.2) is 79.0 Å². The maximum Gasteiger partial charge on any atom is 0.318 e. The maximum atomic E-state index is 13.8. The van der Waals surface area contributed by atoms with Gasteiger partial charge in [0.05, 0.1) is 0 Å². The van der Waals surface area contributed by atoms with Gasteiger partial charge < -0.3 is 25.4 Å². The van der Waals surface area contributed by atoms with Crippen molar-refractivity contribution in [2.45, 2.75) is 51.1 Å². The summed E-state index contributed by atoms with van der Waals surface area (Å²) < 4.78 is 0. The largest absolute Gasteiger partial charge is 0.361 e. The van der Waals surface area contributed by atoms with E-state index < -0.39 is 6.04 Å². The third kappa shape index (κ3) is 6.63. The van der Waals surface area contributed by atoms with Gasteiger partial charge in [0.25, 0.3) is 0 Å². The predicted molar refractivity (Wildman–Crippen MR) is 166 cm³/mol. The summed E-state index contributed by atoms with van der Waals surface area (Å²) in [4.78, 5) is 34.7. The molecule has 1 aromatic heterocycles. The number of amides is 3. The molecule has 0 radical (unpaired) electrons. The lowest BCUT2D eigenvalue weighted by Gasteiger charge is -2.34. The third-order valence-electron chi connectivity index (χ3n) is 8.28.